The average molecular weight is 391 g/mol. The van der Waals surface area contributed by atoms with E-state index in [1.807, 2.05) is 19.2 Å². The van der Waals surface area contributed by atoms with E-state index in [0.29, 0.717) is 22.4 Å². The highest BCUT2D eigenvalue weighted by molar-refractivity contribution is 7.09. The predicted molar refractivity (Wildman–Crippen MR) is 107 cm³/mol. The lowest BCUT2D eigenvalue weighted by Crippen LogP contribution is -2.30. The van der Waals surface area contributed by atoms with Crippen molar-refractivity contribution in [3.8, 4) is 0 Å². The maximum Gasteiger partial charge on any atom is 0.266 e. The number of anilines is 1. The number of hydrogen-bond acceptors (Lipinski definition) is 5. The van der Waals surface area contributed by atoms with E-state index < -0.39 is 0 Å². The van der Waals surface area contributed by atoms with Crippen LogP contribution in [0.15, 0.2) is 53.9 Å². The Labute approximate surface area is 165 Å². The Morgan fingerprint density at radius 1 is 1.04 bits per heavy atom. The summed E-state index contributed by atoms with van der Waals surface area (Å²) >= 11 is 1.54. The van der Waals surface area contributed by atoms with Crippen molar-refractivity contribution < 1.29 is 14.4 Å². The number of fused-ring (bicyclic) bond motifs is 1. The molecule has 28 heavy (non-hydrogen) atoms. The van der Waals surface area contributed by atoms with Gasteiger partial charge in [0.2, 0.25) is 0 Å². The van der Waals surface area contributed by atoms with E-state index in [1.165, 1.54) is 11.3 Å². The summed E-state index contributed by atoms with van der Waals surface area (Å²) in [6.45, 7) is 3.79. The van der Waals surface area contributed by atoms with Gasteiger partial charge in [-0.3, -0.25) is 14.4 Å². The first kappa shape index (κ1) is 18.1. The molecule has 0 bridgehead atoms. The standard InChI is InChI=1S/C21H17N3O3S/c1-12(18-11-28-13(2)23-18)22-19(25)14-7-9-15(10-8-14)24-20(26)16-5-3-4-6-17(16)21(24)27/h3-12H,1-2H3,(H,22,25). The van der Waals surface area contributed by atoms with E-state index in [0.717, 1.165) is 15.6 Å². The maximum absolute atomic E-state index is 12.6. The number of nitrogens with zero attached hydrogens (tertiary/aromatic N) is 2. The van der Waals surface area contributed by atoms with Crippen LogP contribution in [0.4, 0.5) is 5.69 Å². The first-order valence-electron chi connectivity index (χ1n) is 8.76. The van der Waals surface area contributed by atoms with Crippen LogP contribution in [0.1, 0.15) is 54.7 Å². The van der Waals surface area contributed by atoms with Gasteiger partial charge in [-0.25, -0.2) is 9.88 Å². The van der Waals surface area contributed by atoms with Crippen molar-refractivity contribution in [2.45, 2.75) is 19.9 Å². The van der Waals surface area contributed by atoms with Gasteiger partial charge in [-0.1, -0.05) is 12.1 Å². The quantitative estimate of drug-likeness (QED) is 0.687. The minimum atomic E-state index is -0.356. The number of hydrogen-bond donors (Lipinski definition) is 1. The summed E-state index contributed by atoms with van der Waals surface area (Å²) < 4.78 is 0. The minimum Gasteiger partial charge on any atom is -0.344 e. The molecule has 0 saturated carbocycles. The first-order chi connectivity index (χ1) is 13.5. The molecular formula is C21H17N3O3S. The third kappa shape index (κ3) is 3.10. The largest absolute Gasteiger partial charge is 0.344 e. The summed E-state index contributed by atoms with van der Waals surface area (Å²) in [7, 11) is 0. The maximum atomic E-state index is 12.6. The van der Waals surface area contributed by atoms with Crippen molar-refractivity contribution in [2.24, 2.45) is 0 Å². The third-order valence-corrected chi connectivity index (χ3v) is 5.40. The van der Waals surface area contributed by atoms with E-state index in [9.17, 15) is 14.4 Å². The molecule has 0 saturated heterocycles. The Morgan fingerprint density at radius 2 is 1.64 bits per heavy atom. The second kappa shape index (κ2) is 7.01. The fraction of sp³-hybridized carbons (Fsp3) is 0.143. The summed E-state index contributed by atoms with van der Waals surface area (Å²) in [5.41, 5.74) is 2.48. The second-order valence-electron chi connectivity index (χ2n) is 6.52. The Hall–Kier alpha value is -3.32. The molecule has 0 fully saturated rings. The number of benzene rings is 2. The van der Waals surface area contributed by atoms with Gasteiger partial charge < -0.3 is 5.32 Å². The Balaban J connectivity index is 1.51. The van der Waals surface area contributed by atoms with Crippen molar-refractivity contribution in [3.63, 3.8) is 0 Å². The molecule has 3 amide bonds. The molecule has 1 aliphatic rings. The molecule has 3 aromatic rings. The molecule has 140 valence electrons. The van der Waals surface area contributed by atoms with Crippen LogP contribution >= 0.6 is 11.3 Å². The molecule has 1 unspecified atom stereocenters. The topological polar surface area (TPSA) is 79.4 Å². The second-order valence-corrected chi connectivity index (χ2v) is 7.59. The smallest absolute Gasteiger partial charge is 0.266 e. The van der Waals surface area contributed by atoms with Gasteiger partial charge in [0.15, 0.2) is 0 Å². The van der Waals surface area contributed by atoms with Crippen LogP contribution in [-0.2, 0) is 0 Å². The Bertz CT molecular complexity index is 1050. The van der Waals surface area contributed by atoms with Gasteiger partial charge in [0.25, 0.3) is 17.7 Å². The summed E-state index contributed by atoms with van der Waals surface area (Å²) in [6, 6.07) is 12.9. The van der Waals surface area contributed by atoms with Gasteiger partial charge in [-0.15, -0.1) is 11.3 Å². The van der Waals surface area contributed by atoms with E-state index >= 15 is 0 Å². The summed E-state index contributed by atoms with van der Waals surface area (Å²) in [5.74, 6) is -0.956. The molecule has 1 aromatic heterocycles. The van der Waals surface area contributed by atoms with E-state index in [1.54, 1.807) is 48.5 Å². The molecule has 4 rings (SSSR count). The summed E-state index contributed by atoms with van der Waals surface area (Å²) in [6.07, 6.45) is 0. The fourth-order valence-electron chi connectivity index (χ4n) is 3.12. The summed E-state index contributed by atoms with van der Waals surface area (Å²) in [5, 5.41) is 5.77. The number of aryl methyl sites for hydroxylation is 1. The molecule has 2 aromatic carbocycles. The van der Waals surface area contributed by atoms with Crippen molar-refractivity contribution in [3.05, 3.63) is 81.3 Å². The first-order valence-corrected chi connectivity index (χ1v) is 9.64. The number of aromatic nitrogens is 1. The van der Waals surface area contributed by atoms with Gasteiger partial charge in [-0.2, -0.15) is 0 Å². The number of nitrogens with one attached hydrogen (secondary N) is 1. The van der Waals surface area contributed by atoms with Gasteiger partial charge >= 0.3 is 0 Å². The lowest BCUT2D eigenvalue weighted by atomic mass is 10.1. The van der Waals surface area contributed by atoms with Crippen molar-refractivity contribution in [2.75, 3.05) is 4.90 Å². The van der Waals surface area contributed by atoms with Crippen LogP contribution in [-0.4, -0.2) is 22.7 Å². The molecule has 1 N–H and O–H groups in total. The molecule has 0 aliphatic carbocycles. The molecule has 2 heterocycles. The molecule has 0 radical (unpaired) electrons. The minimum absolute atomic E-state index is 0.214. The highest BCUT2D eigenvalue weighted by Crippen LogP contribution is 2.28. The van der Waals surface area contributed by atoms with E-state index in [2.05, 4.69) is 10.3 Å². The van der Waals surface area contributed by atoms with Crippen molar-refractivity contribution >= 4 is 34.7 Å². The SMILES string of the molecule is Cc1nc(C(C)NC(=O)c2ccc(N3C(=O)c4ccccc4C3=O)cc2)cs1. The molecule has 0 spiro atoms. The van der Waals surface area contributed by atoms with Gasteiger partial charge in [0, 0.05) is 10.9 Å². The Morgan fingerprint density at radius 3 is 2.18 bits per heavy atom. The summed E-state index contributed by atoms with van der Waals surface area (Å²) in [4.78, 5) is 43.1. The fourth-order valence-corrected chi connectivity index (χ4v) is 3.82. The van der Waals surface area contributed by atoms with Gasteiger partial charge in [0.1, 0.15) is 0 Å². The van der Waals surface area contributed by atoms with E-state index in [-0.39, 0.29) is 23.8 Å². The van der Waals surface area contributed by atoms with Crippen LogP contribution in [0.25, 0.3) is 0 Å². The van der Waals surface area contributed by atoms with E-state index in [4.69, 9.17) is 0 Å². The van der Waals surface area contributed by atoms with Gasteiger partial charge in [-0.05, 0) is 50.2 Å². The highest BCUT2D eigenvalue weighted by Gasteiger charge is 2.36. The van der Waals surface area contributed by atoms with Crippen molar-refractivity contribution in [1.82, 2.24) is 10.3 Å². The Kier molecular flexibility index (Phi) is 4.52. The zero-order valence-corrected chi connectivity index (χ0v) is 16.1. The number of imide groups is 1. The average Bonchev–Trinajstić information content (AvgIpc) is 3.24. The van der Waals surface area contributed by atoms with Gasteiger partial charge in [0.05, 0.1) is 33.6 Å². The van der Waals surface area contributed by atoms with Crippen LogP contribution in [0.2, 0.25) is 0 Å². The van der Waals surface area contributed by atoms with Crippen LogP contribution in [0.3, 0.4) is 0 Å². The third-order valence-electron chi connectivity index (χ3n) is 4.61. The highest BCUT2D eigenvalue weighted by atomic mass is 32.1. The zero-order chi connectivity index (χ0) is 19.8. The lowest BCUT2D eigenvalue weighted by molar-refractivity contribution is 0.0921. The van der Waals surface area contributed by atoms with Crippen LogP contribution in [0.5, 0.6) is 0 Å². The number of rotatable bonds is 4. The number of carbonyl (C=O) groups is 3. The number of thiazole rings is 1. The molecule has 1 aliphatic heterocycles. The lowest BCUT2D eigenvalue weighted by Gasteiger charge is -2.15. The normalized spacial score (nSPS) is 14.1. The predicted octanol–water partition coefficient (Wildman–Crippen LogP) is 3.74. The number of carbonyl (C=O) groups excluding carboxylic acids is 3. The van der Waals surface area contributed by atoms with Crippen LogP contribution < -0.4 is 10.2 Å². The molecule has 1 atom stereocenters. The van der Waals surface area contributed by atoms with Crippen LogP contribution in [0, 0.1) is 6.92 Å². The monoisotopic (exact) mass is 391 g/mol. The molecular weight excluding hydrogens is 374 g/mol. The van der Waals surface area contributed by atoms with Crippen molar-refractivity contribution in [1.29, 1.82) is 0 Å². The zero-order valence-electron chi connectivity index (χ0n) is 15.3. The molecule has 7 heteroatoms. The molecule has 6 nitrogen and oxygen atoms in total. The number of amides is 3.